The monoisotopic (exact) mass is 1750 g/mol. The van der Waals surface area contributed by atoms with Gasteiger partial charge in [0.1, 0.15) is 40.2 Å². The Morgan fingerprint density at radius 3 is 0.761 bits per heavy atom. The Morgan fingerprint density at radius 2 is 0.453 bits per heavy atom. The number of thioether (sulfide) groups is 7. The van der Waals surface area contributed by atoms with E-state index in [0.717, 1.165) is 179 Å². The average molecular weight is 1750 g/mol. The minimum Gasteiger partial charge on any atom is -0.497 e. The molecule has 0 unspecified atom stereocenters. The molecule has 0 heterocycles. The van der Waals surface area contributed by atoms with Crippen LogP contribution in [0.3, 0.4) is 0 Å². The lowest BCUT2D eigenvalue weighted by Crippen LogP contribution is -1.95. The molecule has 7 aromatic carbocycles. The van der Waals surface area contributed by atoms with Crippen molar-refractivity contribution in [2.24, 2.45) is 0 Å². The second kappa shape index (κ2) is 73.1. The highest BCUT2D eigenvalue weighted by molar-refractivity contribution is 8.00. The Hall–Kier alpha value is -8.12. The van der Waals surface area contributed by atoms with Crippen LogP contribution in [-0.2, 0) is 33.6 Å². The van der Waals surface area contributed by atoms with Crippen molar-refractivity contribution in [3.05, 3.63) is 170 Å². The van der Waals surface area contributed by atoms with Crippen molar-refractivity contribution in [1.29, 1.82) is 0 Å². The Balaban J connectivity index is 0.000000685. The maximum atomic E-state index is 10.4. The molecular weight excluding hydrogens is 1630 g/mol. The summed E-state index contributed by atoms with van der Waals surface area (Å²) in [5.74, 6) is 7.65. The van der Waals surface area contributed by atoms with E-state index in [-0.39, 0.29) is 32.1 Å². The average Bonchev–Trinajstić information content (AvgIpc) is 0.955. The molecule has 0 aliphatic rings. The number of hydrogen-bond donors (Lipinski definition) is 7. The van der Waals surface area contributed by atoms with Gasteiger partial charge in [-0.3, -0.25) is 33.6 Å². The highest BCUT2D eigenvalue weighted by atomic mass is 32.2. The standard InChI is InChI=1S/C17H26O3S.C14H20O3S.C13H18O3S.2C12H16O3S.C11H14O3S.C10H12O3S/c1-20-15-10-9-11-16(14-15)21-13-8-6-4-2-3-5-7-12-17(18)19;1-17-12-8-5-6-9-13(12)18-11-7-3-2-4-10-14(15)16;1-16-11-6-8-12(9-7-11)17-10-4-2-3-5-13(14)15;1-15-10-6-2-3-7-11(10)16-9-5-4-8-12(13)14;1-15-10-5-7-11(8-6-10)16-9-3-2-4-12(13)14;1-14-9-4-6-10(7-5-9)15-8-2-3-11(12)13;1-13-8-2-4-9(5-3-8)14-7-6-10(11)12/h9-11,14H,2-8,12-13H2,1H3,(H,18,19);5-6,8-9H,2-4,7,10-11H2,1H3,(H,15,16);6-9H,2-5,10H2,1H3,(H,14,15);2-3,6-7H,4-5,8-9H2,1H3,(H,13,14);5-8H,2-4,9H2,1H3,(H,13,14);4-7H,2-3,8H2,1H3,(H,12,13);2-5H,6-7H2,1H3,(H,11,12). The normalized spacial score (nSPS) is 10.1. The summed E-state index contributed by atoms with van der Waals surface area (Å²) in [6.07, 6.45) is 20.7. The zero-order chi connectivity index (χ0) is 86.2. The smallest absolute Gasteiger partial charge is 0.304 e. The predicted molar refractivity (Wildman–Crippen MR) is 480 cm³/mol. The van der Waals surface area contributed by atoms with Crippen LogP contribution in [0.4, 0.5) is 0 Å². The Labute approximate surface area is 722 Å². The minimum atomic E-state index is -0.758. The van der Waals surface area contributed by atoms with Gasteiger partial charge in [-0.05, 0) is 245 Å². The summed E-state index contributed by atoms with van der Waals surface area (Å²) >= 11 is 12.1. The van der Waals surface area contributed by atoms with Gasteiger partial charge in [-0.1, -0.05) is 81.7 Å². The maximum Gasteiger partial charge on any atom is 0.304 e. The first-order valence-electron chi connectivity index (χ1n) is 39.0. The molecule has 7 aromatic rings. The molecule has 0 fully saturated rings. The highest BCUT2D eigenvalue weighted by Crippen LogP contribution is 2.32. The fourth-order valence-electron chi connectivity index (χ4n) is 9.76. The summed E-state index contributed by atoms with van der Waals surface area (Å²) < 4.78 is 35.9. The third kappa shape index (κ3) is 62.7. The number of carboxylic acid groups (broad SMARTS) is 7. The molecule has 117 heavy (non-hydrogen) atoms. The van der Waals surface area contributed by atoms with Gasteiger partial charge in [0.05, 0.1) is 56.2 Å². The van der Waals surface area contributed by atoms with Gasteiger partial charge in [0.2, 0.25) is 0 Å². The van der Waals surface area contributed by atoms with Crippen LogP contribution in [0.25, 0.3) is 0 Å². The Bertz CT molecular complexity index is 3720. The highest BCUT2D eigenvalue weighted by Gasteiger charge is 2.08. The van der Waals surface area contributed by atoms with Crippen LogP contribution in [0, 0.1) is 0 Å². The van der Waals surface area contributed by atoms with Crippen molar-refractivity contribution in [3.63, 3.8) is 0 Å². The van der Waals surface area contributed by atoms with Crippen molar-refractivity contribution >= 4 is 124 Å². The van der Waals surface area contributed by atoms with Crippen LogP contribution in [0.2, 0.25) is 0 Å². The van der Waals surface area contributed by atoms with E-state index in [4.69, 9.17) is 68.9 Å². The van der Waals surface area contributed by atoms with Crippen LogP contribution < -0.4 is 33.2 Å². The third-order valence-electron chi connectivity index (χ3n) is 16.1. The number of para-hydroxylation sites is 2. The van der Waals surface area contributed by atoms with E-state index in [2.05, 4.69) is 18.2 Å². The third-order valence-corrected chi connectivity index (χ3v) is 23.7. The summed E-state index contributed by atoms with van der Waals surface area (Å²) in [7, 11) is 11.6. The summed E-state index contributed by atoms with van der Waals surface area (Å²) in [5.41, 5.74) is 0. The zero-order valence-electron chi connectivity index (χ0n) is 68.7. The molecule has 0 aromatic heterocycles. The maximum absolute atomic E-state index is 10.4. The van der Waals surface area contributed by atoms with Crippen molar-refractivity contribution in [3.8, 4) is 40.2 Å². The fourth-order valence-corrected chi connectivity index (χ4v) is 16.3. The topological polar surface area (TPSA) is 326 Å². The number of carbonyl (C=O) groups is 7. The van der Waals surface area contributed by atoms with Crippen LogP contribution in [0.15, 0.2) is 204 Å². The molecule has 0 saturated carbocycles. The summed E-state index contributed by atoms with van der Waals surface area (Å²) in [6, 6.07) is 55.3. The lowest BCUT2D eigenvalue weighted by atomic mass is 10.1. The number of aliphatic carboxylic acids is 7. The molecule has 28 heteroatoms. The van der Waals surface area contributed by atoms with Crippen molar-refractivity contribution in [2.45, 2.75) is 201 Å². The largest absolute Gasteiger partial charge is 0.497 e. The Kier molecular flexibility index (Phi) is 66.7. The molecular formula is C89H122O21S7. The second-order valence-electron chi connectivity index (χ2n) is 25.3. The van der Waals surface area contributed by atoms with Gasteiger partial charge >= 0.3 is 41.8 Å². The minimum absolute atomic E-state index is 0.191. The van der Waals surface area contributed by atoms with E-state index in [1.165, 1.54) is 57.0 Å². The number of unbranched alkanes of at least 4 members (excludes halogenated alkanes) is 13. The van der Waals surface area contributed by atoms with Crippen LogP contribution in [0.5, 0.6) is 40.2 Å². The summed E-state index contributed by atoms with van der Waals surface area (Å²) in [5, 5.41) is 59.4. The van der Waals surface area contributed by atoms with Gasteiger partial charge in [-0.15, -0.1) is 82.3 Å². The molecule has 0 bridgehead atoms. The molecule has 7 rings (SSSR count). The van der Waals surface area contributed by atoms with E-state index in [9.17, 15) is 33.6 Å². The number of rotatable bonds is 54. The lowest BCUT2D eigenvalue weighted by molar-refractivity contribution is -0.138. The second-order valence-corrected chi connectivity index (χ2v) is 33.5. The molecule has 646 valence electrons. The molecule has 0 spiro atoms. The van der Waals surface area contributed by atoms with Crippen molar-refractivity contribution in [2.75, 3.05) is 90.0 Å². The van der Waals surface area contributed by atoms with E-state index >= 15 is 0 Å². The molecule has 21 nitrogen and oxygen atoms in total. The molecule has 0 aliphatic heterocycles. The predicted octanol–water partition coefficient (Wildman–Crippen LogP) is 23.2. The van der Waals surface area contributed by atoms with E-state index < -0.39 is 41.8 Å². The number of methoxy groups -OCH3 is 7. The first-order valence-corrected chi connectivity index (χ1v) is 45.9. The van der Waals surface area contributed by atoms with Gasteiger partial charge in [-0.2, -0.15) is 0 Å². The SMILES string of the molecule is COc1ccc(SCCC(=O)O)cc1.COc1ccc(SCCCC(=O)O)cc1.COc1ccc(SCCCCC(=O)O)cc1.COc1ccc(SCCCCCC(=O)O)cc1.COc1cccc(SCCCCCCCCCC(=O)O)c1.COc1ccccc1SCCCCC(=O)O.COc1ccccc1SCCCCCCC(=O)O. The van der Waals surface area contributed by atoms with Crippen molar-refractivity contribution in [1.82, 2.24) is 0 Å². The molecule has 0 atom stereocenters. The van der Waals surface area contributed by atoms with E-state index in [1.54, 1.807) is 109 Å². The number of carboxylic acids is 7. The van der Waals surface area contributed by atoms with Gasteiger partial charge in [-0.25, -0.2) is 0 Å². The zero-order valence-corrected chi connectivity index (χ0v) is 74.4. The summed E-state index contributed by atoms with van der Waals surface area (Å²) in [4.78, 5) is 80.3. The lowest BCUT2D eigenvalue weighted by Gasteiger charge is -2.07. The van der Waals surface area contributed by atoms with Gasteiger partial charge < -0.3 is 68.9 Å². The fraction of sp³-hybridized carbons (Fsp3) is 0.449. The number of ether oxygens (including phenoxy) is 7. The first kappa shape index (κ1) is 107. The van der Waals surface area contributed by atoms with Crippen LogP contribution >= 0.6 is 82.3 Å². The van der Waals surface area contributed by atoms with Crippen LogP contribution in [0.1, 0.15) is 167 Å². The van der Waals surface area contributed by atoms with Gasteiger partial charge in [0.15, 0.2) is 0 Å². The molecule has 0 saturated heterocycles. The summed E-state index contributed by atoms with van der Waals surface area (Å²) in [6.45, 7) is 0. The van der Waals surface area contributed by atoms with Gasteiger partial charge in [0, 0.05) is 78.5 Å². The van der Waals surface area contributed by atoms with Crippen molar-refractivity contribution < 1.29 is 102 Å². The number of hydrogen-bond acceptors (Lipinski definition) is 21. The number of benzene rings is 7. The Morgan fingerprint density at radius 1 is 0.214 bits per heavy atom. The molecule has 0 radical (unpaired) electrons. The van der Waals surface area contributed by atoms with Crippen LogP contribution in [-0.4, -0.2) is 168 Å². The first-order chi connectivity index (χ1) is 56.6. The van der Waals surface area contributed by atoms with E-state index in [0.29, 0.717) is 25.0 Å². The molecule has 7 N–H and O–H groups in total. The van der Waals surface area contributed by atoms with E-state index in [1.807, 2.05) is 163 Å². The molecule has 0 aliphatic carbocycles. The quantitative estimate of drug-likeness (QED) is 0.0138. The van der Waals surface area contributed by atoms with Gasteiger partial charge in [0.25, 0.3) is 0 Å². The molecule has 0 amide bonds.